The molecule has 1 fully saturated rings. The van der Waals surface area contributed by atoms with E-state index in [2.05, 4.69) is 21.3 Å². The third-order valence-electron chi connectivity index (χ3n) is 5.08. The van der Waals surface area contributed by atoms with Crippen molar-refractivity contribution in [1.82, 2.24) is 21.3 Å². The summed E-state index contributed by atoms with van der Waals surface area (Å²) >= 11 is 0. The fourth-order valence-electron chi connectivity index (χ4n) is 2.98. The molecule has 0 bridgehead atoms. The van der Waals surface area contributed by atoms with E-state index in [-0.39, 0.29) is 53.2 Å². The lowest BCUT2D eigenvalue weighted by Gasteiger charge is -2.36. The summed E-state index contributed by atoms with van der Waals surface area (Å²) in [6, 6.07) is -0.634. The van der Waals surface area contributed by atoms with Crippen molar-refractivity contribution in [2.45, 2.75) is 74.5 Å². The van der Waals surface area contributed by atoms with Crippen LogP contribution in [-0.2, 0) is 14.3 Å². The Balaban J connectivity index is 2.58. The van der Waals surface area contributed by atoms with E-state index < -0.39 is 48.5 Å². The molecule has 1 aliphatic heterocycles. The average molecular weight is 518 g/mol. The lowest BCUT2D eigenvalue weighted by atomic mass is 10.0. The highest BCUT2D eigenvalue weighted by atomic mass is 31.0. The van der Waals surface area contributed by atoms with Gasteiger partial charge in [0.2, 0.25) is 11.8 Å². The summed E-state index contributed by atoms with van der Waals surface area (Å²) in [6.07, 6.45) is -9.66. The average Bonchev–Trinajstić information content (AvgIpc) is 3.11. The minimum atomic E-state index is -6.55. The van der Waals surface area contributed by atoms with Crippen LogP contribution in [0.15, 0.2) is 0 Å². The molecule has 0 aromatic carbocycles. The Labute approximate surface area is 187 Å². The number of amides is 2. The Morgan fingerprint density at radius 3 is 2.06 bits per heavy atom. The van der Waals surface area contributed by atoms with Crippen molar-refractivity contribution >= 4 is 21.1 Å². The van der Waals surface area contributed by atoms with E-state index in [1.54, 1.807) is 6.92 Å². The van der Waals surface area contributed by atoms with Gasteiger partial charge in [0.15, 0.2) is 6.35 Å². The second-order valence-corrected chi connectivity index (χ2v) is 8.24. The van der Waals surface area contributed by atoms with E-state index in [1.807, 2.05) is 0 Å². The Bertz CT molecular complexity index is 681. The number of alkyl halides is 8. The molecule has 1 heterocycles. The van der Waals surface area contributed by atoms with Gasteiger partial charge in [-0.05, 0) is 6.42 Å². The number of methoxy groups -OCH3 is 1. The Morgan fingerprint density at radius 2 is 1.55 bits per heavy atom. The van der Waals surface area contributed by atoms with Gasteiger partial charge in [0, 0.05) is 51.5 Å². The summed E-state index contributed by atoms with van der Waals surface area (Å²) in [7, 11) is 1.64. The summed E-state index contributed by atoms with van der Waals surface area (Å²) in [5.74, 6) is -12.8. The topological polar surface area (TPSA) is 91.5 Å². The van der Waals surface area contributed by atoms with Crippen LogP contribution >= 0.6 is 9.24 Å². The molecule has 194 valence electrons. The van der Waals surface area contributed by atoms with Gasteiger partial charge in [0.1, 0.15) is 0 Å². The number of hydrogen-bond donors (Lipinski definition) is 4. The van der Waals surface area contributed by atoms with Crippen LogP contribution in [-0.4, -0.2) is 73.9 Å². The van der Waals surface area contributed by atoms with Gasteiger partial charge < -0.3 is 15.4 Å². The van der Waals surface area contributed by atoms with E-state index in [0.717, 1.165) is 0 Å². The Morgan fingerprint density at radius 1 is 0.970 bits per heavy atom. The monoisotopic (exact) mass is 518 g/mol. The van der Waals surface area contributed by atoms with Crippen LogP contribution in [0.5, 0.6) is 0 Å². The molecule has 0 aromatic heterocycles. The zero-order valence-corrected chi connectivity index (χ0v) is 19.0. The third kappa shape index (κ3) is 7.33. The van der Waals surface area contributed by atoms with Gasteiger partial charge in [-0.3, -0.25) is 20.2 Å². The predicted octanol–water partition coefficient (Wildman–Crippen LogP) is 2.03. The lowest BCUT2D eigenvalue weighted by molar-refractivity contribution is -0.338. The first-order chi connectivity index (χ1) is 15.0. The molecule has 5 unspecified atom stereocenters. The summed E-state index contributed by atoms with van der Waals surface area (Å²) in [5, 5.41) is 5.61. The van der Waals surface area contributed by atoms with Gasteiger partial charge in [-0.15, -0.1) is 0 Å². The number of nitrogens with one attached hydrogen (secondary N) is 4. The molecule has 33 heavy (non-hydrogen) atoms. The summed E-state index contributed by atoms with van der Waals surface area (Å²) in [6.45, 7) is 1.81. The summed E-state index contributed by atoms with van der Waals surface area (Å²) in [4.78, 5) is 23.2. The number of ether oxygens (including phenoxy) is 1. The molecule has 0 spiro atoms. The molecule has 5 atom stereocenters. The quantitative estimate of drug-likeness (QED) is 0.235. The van der Waals surface area contributed by atoms with E-state index in [9.17, 15) is 44.7 Å². The first-order valence-corrected chi connectivity index (χ1v) is 10.5. The number of carbonyl (C=O) groups is 2. The van der Waals surface area contributed by atoms with Crippen LogP contribution in [0.3, 0.4) is 0 Å². The van der Waals surface area contributed by atoms with Crippen molar-refractivity contribution in [2.75, 3.05) is 20.2 Å². The molecule has 2 amide bonds. The fraction of sp³-hybridized carbons (Fsp3) is 0.882. The van der Waals surface area contributed by atoms with E-state index in [0.29, 0.717) is 0 Å². The molecule has 0 radical (unpaired) electrons. The largest absolute Gasteiger partial charge is 0.457 e. The van der Waals surface area contributed by atoms with Crippen molar-refractivity contribution in [2.24, 2.45) is 0 Å². The smallest absolute Gasteiger partial charge is 0.356 e. The number of rotatable bonds is 12. The highest BCUT2D eigenvalue weighted by Crippen LogP contribution is 2.56. The molecule has 1 aliphatic rings. The maximum Gasteiger partial charge on any atom is 0.457 e. The molecule has 4 N–H and O–H groups in total. The molecule has 16 heteroatoms. The molecule has 7 nitrogen and oxygen atoms in total. The SMILES string of the molecule is CCC(=O)NCC1NC(OC)NC1CCNC(=O)CCC(F)(F)C(F)(P)C(F)(F)C(F)(F)F. The Kier molecular flexibility index (Phi) is 10.3. The normalized spacial score (nSPS) is 23.8. The molecular weight excluding hydrogens is 491 g/mol. The van der Waals surface area contributed by atoms with Crippen LogP contribution in [0, 0.1) is 0 Å². The molecular formula is C17H27F8N4O3P. The standard InChI is InChI=1S/C17H27F8N4O3P/c1-3-11(30)27-8-10-9(28-13(29-10)32-2)5-7-26-12(31)4-6-14(18,19)16(22,33)15(20,21)17(23,24)25/h9-10,13,28-29H,3-8,33H2,1-2H3,(H,26,31)(H,27,30). The first kappa shape index (κ1) is 29.7. The van der Waals surface area contributed by atoms with Gasteiger partial charge in [-0.1, -0.05) is 16.2 Å². The van der Waals surface area contributed by atoms with Gasteiger partial charge >= 0.3 is 12.1 Å². The van der Waals surface area contributed by atoms with E-state index >= 15 is 0 Å². The van der Waals surface area contributed by atoms with Gasteiger partial charge in [-0.25, -0.2) is 13.2 Å². The van der Waals surface area contributed by atoms with Crippen LogP contribution < -0.4 is 21.3 Å². The number of carbonyl (C=O) groups excluding carboxylic acids is 2. The number of hydrogen-bond acceptors (Lipinski definition) is 5. The molecule has 0 saturated carbocycles. The van der Waals surface area contributed by atoms with Crippen molar-refractivity contribution in [3.05, 3.63) is 0 Å². The van der Waals surface area contributed by atoms with Crippen molar-refractivity contribution < 1.29 is 49.4 Å². The second-order valence-electron chi connectivity index (χ2n) is 7.45. The van der Waals surface area contributed by atoms with E-state index in [1.165, 1.54) is 7.11 Å². The van der Waals surface area contributed by atoms with Crippen molar-refractivity contribution in [3.63, 3.8) is 0 Å². The Hall–Kier alpha value is -1.31. The minimum absolute atomic E-state index is 0.0846. The van der Waals surface area contributed by atoms with Crippen LogP contribution in [0.2, 0.25) is 0 Å². The summed E-state index contributed by atoms with van der Waals surface area (Å²) < 4.78 is 110. The molecule has 0 aliphatic carbocycles. The van der Waals surface area contributed by atoms with Gasteiger partial charge in [-0.2, -0.15) is 22.0 Å². The zero-order valence-electron chi connectivity index (χ0n) is 17.8. The van der Waals surface area contributed by atoms with Crippen LogP contribution in [0.1, 0.15) is 32.6 Å². The molecule has 1 rings (SSSR count). The van der Waals surface area contributed by atoms with Crippen molar-refractivity contribution in [3.8, 4) is 0 Å². The molecule has 1 saturated heterocycles. The van der Waals surface area contributed by atoms with Gasteiger partial charge in [0.05, 0.1) is 0 Å². The van der Waals surface area contributed by atoms with Crippen LogP contribution in [0.25, 0.3) is 0 Å². The second kappa shape index (κ2) is 11.4. The maximum atomic E-state index is 13.9. The third-order valence-corrected chi connectivity index (χ3v) is 5.87. The zero-order chi connectivity index (χ0) is 25.7. The predicted molar refractivity (Wildman–Crippen MR) is 104 cm³/mol. The first-order valence-electron chi connectivity index (χ1n) is 9.88. The van der Waals surface area contributed by atoms with Crippen molar-refractivity contribution in [1.29, 1.82) is 0 Å². The minimum Gasteiger partial charge on any atom is -0.356 e. The lowest BCUT2D eigenvalue weighted by Crippen LogP contribution is -2.59. The summed E-state index contributed by atoms with van der Waals surface area (Å²) in [5.41, 5.74) is 0. The highest BCUT2D eigenvalue weighted by Gasteiger charge is 2.77. The molecule has 0 aromatic rings. The number of halogens is 8. The van der Waals surface area contributed by atoms with Gasteiger partial charge in [0.25, 0.3) is 11.3 Å². The maximum absolute atomic E-state index is 13.9. The van der Waals surface area contributed by atoms with E-state index in [4.69, 9.17) is 4.74 Å². The fourth-order valence-corrected chi connectivity index (χ4v) is 3.29. The highest BCUT2D eigenvalue weighted by molar-refractivity contribution is 7.19. The van der Waals surface area contributed by atoms with Crippen LogP contribution in [0.4, 0.5) is 35.1 Å².